The molecule has 4 aromatic rings. The average Bonchev–Trinajstić information content (AvgIpc) is 2.93. The predicted molar refractivity (Wildman–Crippen MR) is 142 cm³/mol. The van der Waals surface area contributed by atoms with Crippen molar-refractivity contribution in [3.8, 4) is 5.75 Å². The molecular weight excluding hydrogens is 488 g/mol. The van der Waals surface area contributed by atoms with E-state index in [9.17, 15) is 13.2 Å². The normalized spacial score (nSPS) is 11.1. The summed E-state index contributed by atoms with van der Waals surface area (Å²) in [5, 5.41) is 0. The number of nitrogens with zero attached hydrogens (tertiary/aromatic N) is 2. The van der Waals surface area contributed by atoms with E-state index in [2.05, 4.69) is 4.98 Å². The zero-order valence-corrected chi connectivity index (χ0v) is 21.7. The van der Waals surface area contributed by atoms with Gasteiger partial charge in [0.1, 0.15) is 12.4 Å². The molecule has 0 aliphatic carbocycles. The van der Waals surface area contributed by atoms with Gasteiger partial charge in [-0.3, -0.25) is 9.29 Å². The maximum Gasteiger partial charge on any atom is 0.340 e. The molecule has 0 unspecified atom stereocenters. The standard InChI is InChI=1S/C29H28N2O5S/c1-21-11-12-22(2)28(27(21)29(32)36-20-23-8-5-4-6-9-23)31(19-24-10-7-17-30-18-24)37(33,34)26-15-13-25(35-3)14-16-26/h4-18H,19-20H2,1-3H3. The molecule has 0 saturated heterocycles. The number of hydrogen-bond acceptors (Lipinski definition) is 6. The predicted octanol–water partition coefficient (Wildman–Crippen LogP) is 5.46. The number of carbonyl (C=O) groups is 1. The highest BCUT2D eigenvalue weighted by Crippen LogP contribution is 2.35. The number of pyridine rings is 1. The van der Waals surface area contributed by atoms with Crippen LogP contribution < -0.4 is 9.04 Å². The van der Waals surface area contributed by atoms with Gasteiger partial charge in [0.25, 0.3) is 10.0 Å². The second kappa shape index (κ2) is 11.3. The van der Waals surface area contributed by atoms with Crippen molar-refractivity contribution in [2.45, 2.75) is 31.9 Å². The largest absolute Gasteiger partial charge is 0.497 e. The van der Waals surface area contributed by atoms with Crippen LogP contribution in [0.2, 0.25) is 0 Å². The van der Waals surface area contributed by atoms with E-state index in [1.807, 2.05) is 30.3 Å². The number of benzene rings is 3. The zero-order valence-electron chi connectivity index (χ0n) is 20.9. The molecule has 0 spiro atoms. The van der Waals surface area contributed by atoms with Gasteiger partial charge in [0.05, 0.1) is 29.8 Å². The van der Waals surface area contributed by atoms with Crippen molar-refractivity contribution in [1.82, 2.24) is 4.98 Å². The van der Waals surface area contributed by atoms with E-state index in [0.717, 1.165) is 5.56 Å². The van der Waals surface area contributed by atoms with Crippen LogP contribution in [0.25, 0.3) is 0 Å². The van der Waals surface area contributed by atoms with E-state index in [1.54, 1.807) is 62.6 Å². The van der Waals surface area contributed by atoms with Crippen molar-refractivity contribution in [2.75, 3.05) is 11.4 Å². The lowest BCUT2D eigenvalue weighted by Crippen LogP contribution is -2.33. The summed E-state index contributed by atoms with van der Waals surface area (Å²) in [4.78, 5) is 17.7. The third-order valence-electron chi connectivity index (χ3n) is 5.95. The van der Waals surface area contributed by atoms with Gasteiger partial charge in [-0.05, 0) is 66.4 Å². The van der Waals surface area contributed by atoms with Gasteiger partial charge in [0, 0.05) is 12.4 Å². The molecule has 0 aliphatic rings. The molecule has 190 valence electrons. The van der Waals surface area contributed by atoms with Gasteiger partial charge >= 0.3 is 5.97 Å². The first kappa shape index (κ1) is 25.9. The molecule has 0 N–H and O–H groups in total. The number of anilines is 1. The Morgan fingerprint density at radius 3 is 2.19 bits per heavy atom. The van der Waals surface area contributed by atoms with E-state index in [-0.39, 0.29) is 29.3 Å². The van der Waals surface area contributed by atoms with Crippen LogP contribution in [0.4, 0.5) is 5.69 Å². The van der Waals surface area contributed by atoms with Crippen LogP contribution in [0.5, 0.6) is 5.75 Å². The van der Waals surface area contributed by atoms with Crippen LogP contribution in [0.15, 0.2) is 96.2 Å². The summed E-state index contributed by atoms with van der Waals surface area (Å²) < 4.78 is 40.2. The average molecular weight is 517 g/mol. The fourth-order valence-electron chi connectivity index (χ4n) is 3.99. The molecule has 0 saturated carbocycles. The van der Waals surface area contributed by atoms with Crippen LogP contribution in [0.1, 0.15) is 32.6 Å². The van der Waals surface area contributed by atoms with Crippen molar-refractivity contribution in [3.05, 3.63) is 119 Å². The van der Waals surface area contributed by atoms with Gasteiger partial charge in [0.2, 0.25) is 0 Å². The maximum atomic E-state index is 14.1. The topological polar surface area (TPSA) is 85.8 Å². The van der Waals surface area contributed by atoms with E-state index in [4.69, 9.17) is 9.47 Å². The SMILES string of the molecule is COc1ccc(S(=O)(=O)N(Cc2cccnc2)c2c(C)ccc(C)c2C(=O)OCc2ccccc2)cc1. The third kappa shape index (κ3) is 5.81. The Bertz CT molecular complexity index is 1470. The quantitative estimate of drug-likeness (QED) is 0.275. The summed E-state index contributed by atoms with van der Waals surface area (Å²) in [6.07, 6.45) is 3.23. The van der Waals surface area contributed by atoms with Crippen molar-refractivity contribution < 1.29 is 22.7 Å². The Labute approximate surface area is 217 Å². The Morgan fingerprint density at radius 2 is 1.54 bits per heavy atom. The highest BCUT2D eigenvalue weighted by Gasteiger charge is 2.31. The van der Waals surface area contributed by atoms with E-state index < -0.39 is 16.0 Å². The fourth-order valence-corrected chi connectivity index (χ4v) is 5.52. The van der Waals surface area contributed by atoms with Crippen molar-refractivity contribution in [2.24, 2.45) is 0 Å². The molecule has 0 bridgehead atoms. The molecule has 0 fully saturated rings. The lowest BCUT2D eigenvalue weighted by molar-refractivity contribution is 0.0472. The molecule has 8 heteroatoms. The molecule has 0 aliphatic heterocycles. The zero-order chi connectivity index (χ0) is 26.4. The Hall–Kier alpha value is -4.17. The first-order valence-electron chi connectivity index (χ1n) is 11.7. The van der Waals surface area contributed by atoms with Crippen molar-refractivity contribution >= 4 is 21.7 Å². The number of ether oxygens (including phenoxy) is 2. The van der Waals surface area contributed by atoms with Crippen LogP contribution in [0.3, 0.4) is 0 Å². The third-order valence-corrected chi connectivity index (χ3v) is 7.71. The maximum absolute atomic E-state index is 14.1. The number of aromatic nitrogens is 1. The summed E-state index contributed by atoms with van der Waals surface area (Å²) in [6.45, 7) is 3.60. The summed E-state index contributed by atoms with van der Waals surface area (Å²) >= 11 is 0. The molecule has 0 amide bonds. The molecule has 1 aromatic heterocycles. The van der Waals surface area contributed by atoms with Crippen molar-refractivity contribution in [1.29, 1.82) is 0 Å². The highest BCUT2D eigenvalue weighted by molar-refractivity contribution is 7.92. The smallest absolute Gasteiger partial charge is 0.340 e. The van der Waals surface area contributed by atoms with E-state index >= 15 is 0 Å². The minimum absolute atomic E-state index is 0.0224. The molecule has 3 aromatic carbocycles. The van der Waals surface area contributed by atoms with Gasteiger partial charge in [-0.1, -0.05) is 48.5 Å². The minimum Gasteiger partial charge on any atom is -0.497 e. The molecule has 0 radical (unpaired) electrons. The highest BCUT2D eigenvalue weighted by atomic mass is 32.2. The number of esters is 1. The number of methoxy groups -OCH3 is 1. The summed E-state index contributed by atoms with van der Waals surface area (Å²) in [5.74, 6) is -0.0594. The number of rotatable bonds is 9. The number of hydrogen-bond donors (Lipinski definition) is 0. The van der Waals surface area contributed by atoms with Gasteiger partial charge < -0.3 is 9.47 Å². The van der Waals surface area contributed by atoms with Crippen LogP contribution in [0, 0.1) is 13.8 Å². The monoisotopic (exact) mass is 516 g/mol. The van der Waals surface area contributed by atoms with Gasteiger partial charge in [-0.15, -0.1) is 0 Å². The van der Waals surface area contributed by atoms with Crippen LogP contribution in [-0.2, 0) is 27.9 Å². The second-order valence-corrected chi connectivity index (χ2v) is 10.4. The Kier molecular flexibility index (Phi) is 7.89. The second-order valence-electron chi connectivity index (χ2n) is 8.53. The molecule has 0 atom stereocenters. The molecule has 4 rings (SSSR count). The van der Waals surface area contributed by atoms with E-state index in [0.29, 0.717) is 22.4 Å². The molecule has 7 nitrogen and oxygen atoms in total. The first-order valence-corrected chi connectivity index (χ1v) is 13.1. The van der Waals surface area contributed by atoms with Gasteiger partial charge in [0.15, 0.2) is 0 Å². The van der Waals surface area contributed by atoms with E-state index in [1.165, 1.54) is 23.5 Å². The first-order chi connectivity index (χ1) is 17.8. The summed E-state index contributed by atoms with van der Waals surface area (Å²) in [5.41, 5.74) is 3.22. The fraction of sp³-hybridized carbons (Fsp3) is 0.172. The number of sulfonamides is 1. The molecule has 1 heterocycles. The number of carbonyl (C=O) groups excluding carboxylic acids is 1. The number of aryl methyl sites for hydroxylation is 2. The Balaban J connectivity index is 1.82. The van der Waals surface area contributed by atoms with Crippen molar-refractivity contribution in [3.63, 3.8) is 0 Å². The summed E-state index contributed by atoms with van der Waals surface area (Å²) in [7, 11) is -2.58. The molecule has 37 heavy (non-hydrogen) atoms. The van der Waals surface area contributed by atoms with Crippen LogP contribution >= 0.6 is 0 Å². The van der Waals surface area contributed by atoms with Gasteiger partial charge in [-0.2, -0.15) is 0 Å². The molecular formula is C29H28N2O5S. The van der Waals surface area contributed by atoms with Crippen LogP contribution in [-0.4, -0.2) is 26.5 Å². The summed E-state index contributed by atoms with van der Waals surface area (Å²) in [6, 6.07) is 22.6. The Morgan fingerprint density at radius 1 is 0.865 bits per heavy atom. The lowest BCUT2D eigenvalue weighted by atomic mass is 10.0. The lowest BCUT2D eigenvalue weighted by Gasteiger charge is -2.28. The van der Waals surface area contributed by atoms with Gasteiger partial charge in [-0.25, -0.2) is 13.2 Å². The minimum atomic E-state index is -4.10.